The number of para-hydroxylation sites is 1. The van der Waals surface area contributed by atoms with Crippen molar-refractivity contribution in [3.63, 3.8) is 0 Å². The zero-order valence-electron chi connectivity index (χ0n) is 22.7. The molecule has 2 aliphatic rings. The van der Waals surface area contributed by atoms with Gasteiger partial charge < -0.3 is 19.0 Å². The summed E-state index contributed by atoms with van der Waals surface area (Å²) in [6.07, 6.45) is 5.27. The van der Waals surface area contributed by atoms with Crippen LogP contribution in [0.5, 0.6) is 5.75 Å². The summed E-state index contributed by atoms with van der Waals surface area (Å²) in [6.45, 7) is 8.76. The number of rotatable bonds is 7. The fourth-order valence-corrected chi connectivity index (χ4v) is 6.94. The number of aromatic nitrogens is 1. The average molecular weight is 614 g/mol. The first-order valence-corrected chi connectivity index (χ1v) is 15.0. The highest BCUT2D eigenvalue weighted by molar-refractivity contribution is 9.10. The van der Waals surface area contributed by atoms with Crippen LogP contribution in [0.4, 0.5) is 5.88 Å². The van der Waals surface area contributed by atoms with E-state index in [9.17, 15) is 9.59 Å². The van der Waals surface area contributed by atoms with Gasteiger partial charge in [-0.05, 0) is 62.0 Å². The smallest absolute Gasteiger partial charge is 0.271 e. The molecule has 10 heteroatoms. The van der Waals surface area contributed by atoms with Gasteiger partial charge in [-0.3, -0.25) is 14.2 Å². The molecule has 1 aromatic carbocycles. The SMILES string of the molecule is CCN(CC)C(=O)C1=C(C)N=c2s/c(=C/c3cc(Br)c(N4CCCCC4)o3)c(=O)n2[C@@H]1c1ccccc1OC. The molecule has 0 bridgehead atoms. The van der Waals surface area contributed by atoms with Crippen molar-refractivity contribution >= 4 is 45.1 Å². The number of hydrogen-bond donors (Lipinski definition) is 0. The molecule has 1 atom stereocenters. The summed E-state index contributed by atoms with van der Waals surface area (Å²) in [5.74, 6) is 1.87. The Balaban J connectivity index is 1.66. The van der Waals surface area contributed by atoms with E-state index < -0.39 is 6.04 Å². The van der Waals surface area contributed by atoms with Crippen molar-refractivity contribution in [3.8, 4) is 5.75 Å². The molecule has 8 nitrogen and oxygen atoms in total. The molecule has 1 amide bonds. The lowest BCUT2D eigenvalue weighted by Crippen LogP contribution is -2.43. The summed E-state index contributed by atoms with van der Waals surface area (Å²) < 4.78 is 14.9. The predicted octanol–water partition coefficient (Wildman–Crippen LogP) is 4.46. The Morgan fingerprint density at radius 2 is 1.95 bits per heavy atom. The van der Waals surface area contributed by atoms with E-state index in [1.54, 1.807) is 22.7 Å². The summed E-state index contributed by atoms with van der Waals surface area (Å²) >= 11 is 4.94. The van der Waals surface area contributed by atoms with Crippen molar-refractivity contribution in [1.82, 2.24) is 9.47 Å². The third kappa shape index (κ3) is 5.12. The lowest BCUT2D eigenvalue weighted by molar-refractivity contribution is -0.127. The molecule has 2 aromatic heterocycles. The zero-order chi connectivity index (χ0) is 27.7. The molecule has 0 saturated carbocycles. The largest absolute Gasteiger partial charge is 0.496 e. The molecule has 4 heterocycles. The Labute approximate surface area is 240 Å². The third-order valence-electron chi connectivity index (χ3n) is 7.34. The maximum atomic E-state index is 14.0. The fraction of sp³-hybridized carbons (Fsp3) is 0.414. The van der Waals surface area contributed by atoms with Crippen LogP contribution in [0.25, 0.3) is 6.08 Å². The van der Waals surface area contributed by atoms with Gasteiger partial charge in [-0.2, -0.15) is 0 Å². The number of furan rings is 1. The molecular formula is C29H33BrN4O4S. The van der Waals surface area contributed by atoms with Gasteiger partial charge in [-0.1, -0.05) is 29.5 Å². The Hall–Kier alpha value is -3.11. The molecule has 2 aliphatic heterocycles. The minimum atomic E-state index is -0.667. The number of methoxy groups -OCH3 is 1. The minimum absolute atomic E-state index is 0.132. The molecule has 1 saturated heterocycles. The zero-order valence-corrected chi connectivity index (χ0v) is 25.1. The first-order chi connectivity index (χ1) is 18.9. The molecular weight excluding hydrogens is 580 g/mol. The van der Waals surface area contributed by atoms with Crippen LogP contribution in [0.1, 0.15) is 57.4 Å². The lowest BCUT2D eigenvalue weighted by atomic mass is 9.94. The third-order valence-corrected chi connectivity index (χ3v) is 8.89. The number of anilines is 1. The summed E-state index contributed by atoms with van der Waals surface area (Å²) in [7, 11) is 1.60. The van der Waals surface area contributed by atoms with Crippen LogP contribution in [0, 0.1) is 0 Å². The second-order valence-corrected chi connectivity index (χ2v) is 11.5. The molecule has 5 rings (SSSR count). The highest BCUT2D eigenvalue weighted by atomic mass is 79.9. The number of allylic oxidation sites excluding steroid dienone is 1. The van der Waals surface area contributed by atoms with Crippen LogP contribution >= 0.6 is 27.3 Å². The van der Waals surface area contributed by atoms with Gasteiger partial charge in [0.25, 0.3) is 11.5 Å². The average Bonchev–Trinajstić information content (AvgIpc) is 3.47. The van der Waals surface area contributed by atoms with E-state index in [-0.39, 0.29) is 11.5 Å². The van der Waals surface area contributed by atoms with E-state index >= 15 is 0 Å². The second-order valence-electron chi connectivity index (χ2n) is 9.65. The highest BCUT2D eigenvalue weighted by Crippen LogP contribution is 2.36. The van der Waals surface area contributed by atoms with Crippen LogP contribution in [0.3, 0.4) is 0 Å². The Bertz CT molecular complexity index is 1590. The van der Waals surface area contributed by atoms with Crippen LogP contribution < -0.4 is 24.5 Å². The fourth-order valence-electron chi connectivity index (χ4n) is 5.35. The number of nitrogens with zero attached hydrogens (tertiary/aromatic N) is 4. The van der Waals surface area contributed by atoms with Gasteiger partial charge in [-0.25, -0.2) is 4.99 Å². The lowest BCUT2D eigenvalue weighted by Gasteiger charge is -2.29. The number of carbonyl (C=O) groups is 1. The molecule has 3 aromatic rings. The second kappa shape index (κ2) is 11.6. The number of ether oxygens (including phenoxy) is 1. The first-order valence-electron chi connectivity index (χ1n) is 13.4. The Morgan fingerprint density at radius 3 is 2.64 bits per heavy atom. The normalized spacial score (nSPS) is 17.7. The topological polar surface area (TPSA) is 80.3 Å². The quantitative estimate of drug-likeness (QED) is 0.394. The van der Waals surface area contributed by atoms with Gasteiger partial charge in [0.1, 0.15) is 17.6 Å². The summed E-state index contributed by atoms with van der Waals surface area (Å²) in [6, 6.07) is 8.76. The van der Waals surface area contributed by atoms with E-state index in [0.717, 1.165) is 41.9 Å². The van der Waals surface area contributed by atoms with Crippen molar-refractivity contribution in [1.29, 1.82) is 0 Å². The van der Waals surface area contributed by atoms with Crippen LogP contribution in [0.2, 0.25) is 0 Å². The predicted molar refractivity (Wildman–Crippen MR) is 157 cm³/mol. The Kier molecular flexibility index (Phi) is 8.13. The summed E-state index contributed by atoms with van der Waals surface area (Å²) in [5.41, 5.74) is 1.60. The number of amides is 1. The number of halogens is 1. The number of carbonyl (C=O) groups excluding carboxylic acids is 1. The Morgan fingerprint density at radius 1 is 1.23 bits per heavy atom. The molecule has 39 heavy (non-hydrogen) atoms. The van der Waals surface area contributed by atoms with Crippen molar-refractivity contribution in [2.75, 3.05) is 38.2 Å². The van der Waals surface area contributed by atoms with E-state index in [2.05, 4.69) is 20.8 Å². The monoisotopic (exact) mass is 612 g/mol. The molecule has 0 unspecified atom stereocenters. The molecule has 0 aliphatic carbocycles. The van der Waals surface area contributed by atoms with E-state index in [0.29, 0.717) is 45.2 Å². The van der Waals surface area contributed by atoms with Crippen LogP contribution in [-0.2, 0) is 4.79 Å². The number of likely N-dealkylation sites (N-methyl/N-ethyl adjacent to an activating group) is 1. The molecule has 1 fully saturated rings. The standard InChI is InChI=1S/C29H33BrN4O4S/c1-5-32(6-2)27(36)24-18(3)31-29-34(25(24)20-12-8-9-13-22(20)37-4)26(35)23(39-29)17-19-16-21(30)28(38-19)33-14-10-7-11-15-33/h8-9,12-13,16-17,25H,5-7,10-11,14-15H2,1-4H3/b23-17+/t25-/m1/s1. The van der Waals surface area contributed by atoms with Gasteiger partial charge in [0, 0.05) is 43.9 Å². The van der Waals surface area contributed by atoms with Crippen molar-refractivity contribution in [2.45, 2.75) is 46.1 Å². The van der Waals surface area contributed by atoms with Gasteiger partial charge in [0.05, 0.1) is 27.4 Å². The van der Waals surface area contributed by atoms with Gasteiger partial charge in [-0.15, -0.1) is 0 Å². The van der Waals surface area contributed by atoms with Crippen molar-refractivity contribution in [2.24, 2.45) is 4.99 Å². The summed E-state index contributed by atoms with van der Waals surface area (Å²) in [4.78, 5) is 37.1. The highest BCUT2D eigenvalue weighted by Gasteiger charge is 2.35. The maximum Gasteiger partial charge on any atom is 0.271 e. The minimum Gasteiger partial charge on any atom is -0.496 e. The van der Waals surface area contributed by atoms with E-state index in [4.69, 9.17) is 14.1 Å². The van der Waals surface area contributed by atoms with Crippen molar-refractivity contribution < 1.29 is 13.9 Å². The van der Waals surface area contributed by atoms with E-state index in [1.807, 2.05) is 51.1 Å². The van der Waals surface area contributed by atoms with Gasteiger partial charge >= 0.3 is 0 Å². The molecule has 0 radical (unpaired) electrons. The van der Waals surface area contributed by atoms with Crippen LogP contribution in [0.15, 0.2) is 60.3 Å². The number of thiazole rings is 1. The number of piperidine rings is 1. The van der Waals surface area contributed by atoms with Crippen LogP contribution in [-0.4, -0.2) is 48.7 Å². The number of hydrogen-bond acceptors (Lipinski definition) is 7. The van der Waals surface area contributed by atoms with Gasteiger partial charge in [0.2, 0.25) is 5.88 Å². The number of benzene rings is 1. The van der Waals surface area contributed by atoms with Crippen molar-refractivity contribution in [3.05, 3.63) is 77.1 Å². The van der Waals surface area contributed by atoms with Gasteiger partial charge in [0.15, 0.2) is 4.80 Å². The molecule has 0 N–H and O–H groups in total. The first kappa shape index (κ1) is 27.5. The summed E-state index contributed by atoms with van der Waals surface area (Å²) in [5, 5.41) is 0. The molecule has 0 spiro atoms. The maximum absolute atomic E-state index is 14.0. The number of fused-ring (bicyclic) bond motifs is 1. The molecule has 206 valence electrons. The van der Waals surface area contributed by atoms with E-state index in [1.165, 1.54) is 17.8 Å².